The summed E-state index contributed by atoms with van der Waals surface area (Å²) in [5, 5.41) is 3.85. The fourth-order valence-corrected chi connectivity index (χ4v) is 2.42. The van der Waals surface area contributed by atoms with Crippen molar-refractivity contribution >= 4 is 50.7 Å². The summed E-state index contributed by atoms with van der Waals surface area (Å²) in [4.78, 5) is 11.7. The van der Waals surface area contributed by atoms with Crippen molar-refractivity contribution in [3.05, 3.63) is 52.5 Å². The first kappa shape index (κ1) is 17.5. The van der Waals surface area contributed by atoms with E-state index in [1.807, 2.05) is 0 Å². The lowest BCUT2D eigenvalue weighted by atomic mass is 10.3. The van der Waals surface area contributed by atoms with Crippen molar-refractivity contribution in [3.63, 3.8) is 0 Å². The van der Waals surface area contributed by atoms with Crippen LogP contribution in [-0.2, 0) is 10.1 Å². The Balaban J connectivity index is 2.13. The highest BCUT2D eigenvalue weighted by Crippen LogP contribution is 2.26. The van der Waals surface area contributed by atoms with Gasteiger partial charge in [-0.2, -0.15) is 8.42 Å². The van der Waals surface area contributed by atoms with Gasteiger partial charge in [-0.25, -0.2) is 15.6 Å². The van der Waals surface area contributed by atoms with Crippen molar-refractivity contribution in [2.75, 3.05) is 10.3 Å². The smallest absolute Gasteiger partial charge is 0.306 e. The van der Waals surface area contributed by atoms with Crippen molar-refractivity contribution in [2.24, 2.45) is 5.84 Å². The minimum atomic E-state index is -4.29. The van der Waals surface area contributed by atoms with Crippen LogP contribution < -0.4 is 16.2 Å². The van der Waals surface area contributed by atoms with Crippen molar-refractivity contribution in [2.45, 2.75) is 4.90 Å². The van der Waals surface area contributed by atoms with Gasteiger partial charge in [-0.3, -0.25) is 4.55 Å². The van der Waals surface area contributed by atoms with Gasteiger partial charge in [-0.1, -0.05) is 23.2 Å². The first-order chi connectivity index (χ1) is 10.7. The number of nitrogens with two attached hydrogens (primary N) is 1. The first-order valence-corrected chi connectivity index (χ1v) is 8.26. The maximum absolute atomic E-state index is 12.0. The fourth-order valence-electron chi connectivity index (χ4n) is 1.65. The van der Waals surface area contributed by atoms with E-state index in [0.29, 0.717) is 10.7 Å². The number of nitrogens with one attached hydrogen (secondary N) is 1. The Labute approximate surface area is 142 Å². The average molecular weight is 376 g/mol. The Kier molecular flexibility index (Phi) is 5.12. The molecule has 122 valence electrons. The van der Waals surface area contributed by atoms with Crippen molar-refractivity contribution in [3.8, 4) is 0 Å². The monoisotopic (exact) mass is 375 g/mol. The summed E-state index contributed by atoms with van der Waals surface area (Å²) < 4.78 is 30.8. The molecule has 2 aromatic carbocycles. The van der Waals surface area contributed by atoms with E-state index in [-0.39, 0.29) is 15.6 Å². The van der Waals surface area contributed by atoms with Gasteiger partial charge in [0.2, 0.25) is 0 Å². The van der Waals surface area contributed by atoms with E-state index in [1.54, 1.807) is 0 Å². The molecule has 0 aliphatic rings. The van der Waals surface area contributed by atoms with Crippen LogP contribution in [0.3, 0.4) is 0 Å². The predicted octanol–water partition coefficient (Wildman–Crippen LogP) is 3.15. The second-order valence-electron chi connectivity index (χ2n) is 4.40. The second-order valence-corrected chi connectivity index (χ2v) is 6.63. The SMILES string of the molecule is NN(C(=O)Nc1ccc(S(=O)(=O)O)cc1)c1ccc(Cl)c(Cl)c1. The number of amides is 2. The fraction of sp³-hybridized carbons (Fsp3) is 0. The molecule has 0 aliphatic carbocycles. The number of nitrogens with zero attached hydrogens (tertiary/aromatic N) is 1. The van der Waals surface area contributed by atoms with Crippen LogP contribution in [0.4, 0.5) is 16.2 Å². The molecule has 0 atom stereocenters. The van der Waals surface area contributed by atoms with Crippen LogP contribution in [0.25, 0.3) is 0 Å². The third-order valence-corrected chi connectivity index (χ3v) is 4.41. The van der Waals surface area contributed by atoms with E-state index in [9.17, 15) is 13.2 Å². The van der Waals surface area contributed by atoms with Gasteiger partial charge < -0.3 is 5.32 Å². The topological polar surface area (TPSA) is 113 Å². The molecule has 0 saturated carbocycles. The number of halogens is 2. The highest BCUT2D eigenvalue weighted by molar-refractivity contribution is 7.85. The Morgan fingerprint density at radius 3 is 2.22 bits per heavy atom. The number of benzene rings is 2. The first-order valence-electron chi connectivity index (χ1n) is 6.07. The summed E-state index contributed by atoms with van der Waals surface area (Å²) >= 11 is 11.6. The number of hydrazine groups is 1. The molecule has 0 fully saturated rings. The Bertz CT molecular complexity index is 841. The molecule has 4 N–H and O–H groups in total. The number of carbonyl (C=O) groups excluding carboxylic acids is 1. The number of hydrogen-bond donors (Lipinski definition) is 3. The molecule has 2 amide bonds. The number of rotatable bonds is 3. The van der Waals surface area contributed by atoms with Gasteiger partial charge in [-0.15, -0.1) is 0 Å². The Morgan fingerprint density at radius 1 is 1.09 bits per heavy atom. The lowest BCUT2D eigenvalue weighted by molar-refractivity contribution is 0.257. The van der Waals surface area contributed by atoms with E-state index >= 15 is 0 Å². The normalized spacial score (nSPS) is 11.1. The third-order valence-electron chi connectivity index (χ3n) is 2.80. The molecule has 10 heteroatoms. The molecule has 0 spiro atoms. The summed E-state index contributed by atoms with van der Waals surface area (Å²) in [6.07, 6.45) is 0. The lowest BCUT2D eigenvalue weighted by Gasteiger charge is -2.18. The summed E-state index contributed by atoms with van der Waals surface area (Å²) in [6.45, 7) is 0. The zero-order valence-corrected chi connectivity index (χ0v) is 13.7. The van der Waals surface area contributed by atoms with Crippen LogP contribution in [0, 0.1) is 0 Å². The zero-order chi connectivity index (χ0) is 17.2. The number of hydrogen-bond acceptors (Lipinski definition) is 4. The van der Waals surface area contributed by atoms with Gasteiger partial charge in [-0.05, 0) is 42.5 Å². The molecule has 7 nitrogen and oxygen atoms in total. The molecule has 0 saturated heterocycles. The molecule has 2 rings (SSSR count). The summed E-state index contributed by atoms with van der Waals surface area (Å²) in [6, 6.07) is 8.65. The van der Waals surface area contributed by atoms with Gasteiger partial charge in [0.05, 0.1) is 20.6 Å². The van der Waals surface area contributed by atoms with Crippen LogP contribution in [-0.4, -0.2) is 19.0 Å². The molecule has 0 bridgehead atoms. The van der Waals surface area contributed by atoms with Gasteiger partial charge in [0.1, 0.15) is 0 Å². The van der Waals surface area contributed by atoms with Crippen LogP contribution >= 0.6 is 23.2 Å². The molecular formula is C13H11Cl2N3O4S. The minimum Gasteiger partial charge on any atom is -0.306 e. The second kappa shape index (κ2) is 6.73. The van der Waals surface area contributed by atoms with E-state index < -0.39 is 16.1 Å². The van der Waals surface area contributed by atoms with Crippen molar-refractivity contribution in [1.29, 1.82) is 0 Å². The number of carbonyl (C=O) groups is 1. The molecule has 0 aromatic heterocycles. The zero-order valence-electron chi connectivity index (χ0n) is 11.4. The summed E-state index contributed by atoms with van der Waals surface area (Å²) in [5.74, 6) is 5.69. The molecule has 0 aliphatic heterocycles. The molecule has 0 unspecified atom stereocenters. The van der Waals surface area contributed by atoms with Crippen molar-refractivity contribution < 1.29 is 17.8 Å². The van der Waals surface area contributed by atoms with Gasteiger partial charge in [0.15, 0.2) is 0 Å². The standard InChI is InChI=1S/C13H11Cl2N3O4S/c14-11-6-3-9(7-12(11)15)18(16)13(19)17-8-1-4-10(5-2-8)23(20,21)22/h1-7H,16H2,(H,17,19)(H,20,21,22). The third kappa shape index (κ3) is 4.34. The highest BCUT2D eigenvalue weighted by atomic mass is 35.5. The minimum absolute atomic E-state index is 0.241. The van der Waals surface area contributed by atoms with E-state index in [0.717, 1.165) is 17.1 Å². The van der Waals surface area contributed by atoms with Crippen LogP contribution in [0.15, 0.2) is 47.4 Å². The Morgan fingerprint density at radius 2 is 1.70 bits per heavy atom. The lowest BCUT2D eigenvalue weighted by Crippen LogP contribution is -2.40. The van der Waals surface area contributed by atoms with E-state index in [1.165, 1.54) is 30.3 Å². The van der Waals surface area contributed by atoms with Crippen LogP contribution in [0.1, 0.15) is 0 Å². The predicted molar refractivity (Wildman–Crippen MR) is 88.4 cm³/mol. The van der Waals surface area contributed by atoms with Crippen molar-refractivity contribution in [1.82, 2.24) is 0 Å². The number of urea groups is 1. The van der Waals surface area contributed by atoms with Crippen LogP contribution in [0.5, 0.6) is 0 Å². The molecule has 2 aromatic rings. The molecule has 0 heterocycles. The summed E-state index contributed by atoms with van der Waals surface area (Å²) in [7, 11) is -4.29. The molecular weight excluding hydrogens is 365 g/mol. The molecule has 23 heavy (non-hydrogen) atoms. The maximum atomic E-state index is 12.0. The van der Waals surface area contributed by atoms with Gasteiger partial charge in [0, 0.05) is 5.69 Å². The highest BCUT2D eigenvalue weighted by Gasteiger charge is 2.14. The van der Waals surface area contributed by atoms with Crippen LogP contribution in [0.2, 0.25) is 10.0 Å². The van der Waals surface area contributed by atoms with E-state index in [4.69, 9.17) is 33.6 Å². The molecule has 0 radical (unpaired) electrons. The Hall–Kier alpha value is -1.84. The average Bonchev–Trinajstić information content (AvgIpc) is 2.49. The quantitative estimate of drug-likeness (QED) is 0.330. The number of anilines is 2. The van der Waals surface area contributed by atoms with E-state index in [2.05, 4.69) is 5.32 Å². The van der Waals surface area contributed by atoms with Gasteiger partial charge >= 0.3 is 6.03 Å². The maximum Gasteiger partial charge on any atom is 0.340 e. The van der Waals surface area contributed by atoms with Gasteiger partial charge in [0.25, 0.3) is 10.1 Å². The largest absolute Gasteiger partial charge is 0.340 e. The summed E-state index contributed by atoms with van der Waals surface area (Å²) in [5.41, 5.74) is 0.601.